The van der Waals surface area contributed by atoms with Crippen LogP contribution < -0.4 is 10.6 Å². The zero-order valence-corrected chi connectivity index (χ0v) is 13.4. The van der Waals surface area contributed by atoms with E-state index in [-0.39, 0.29) is 11.9 Å². The molecule has 2 rings (SSSR count). The van der Waals surface area contributed by atoms with Gasteiger partial charge in [0.25, 0.3) is 0 Å². The summed E-state index contributed by atoms with van der Waals surface area (Å²) in [7, 11) is 0. The molecule has 1 amide bonds. The van der Waals surface area contributed by atoms with Gasteiger partial charge in [-0.15, -0.1) is 0 Å². The van der Waals surface area contributed by atoms with Gasteiger partial charge in [-0.1, -0.05) is 54.1 Å². The third-order valence-corrected chi connectivity index (χ3v) is 3.73. The Morgan fingerprint density at radius 2 is 1.91 bits per heavy atom. The molecule has 0 saturated heterocycles. The minimum atomic E-state index is 0.00445. The Morgan fingerprint density at radius 1 is 1.14 bits per heavy atom. The molecule has 0 aromatic heterocycles. The predicted octanol–water partition coefficient (Wildman–Crippen LogP) is 3.35. The number of carbonyl (C=O) groups excluding carboxylic acids is 1. The maximum Gasteiger partial charge on any atom is 0.233 e. The highest BCUT2D eigenvalue weighted by Crippen LogP contribution is 2.16. The van der Waals surface area contributed by atoms with Crippen molar-refractivity contribution in [1.29, 1.82) is 0 Å². The van der Waals surface area contributed by atoms with E-state index in [2.05, 4.69) is 22.8 Å². The molecule has 2 aromatic rings. The van der Waals surface area contributed by atoms with Gasteiger partial charge in [-0.25, -0.2) is 0 Å². The zero-order valence-electron chi connectivity index (χ0n) is 12.7. The lowest BCUT2D eigenvalue weighted by Gasteiger charge is -2.14. The van der Waals surface area contributed by atoms with Crippen LogP contribution >= 0.6 is 11.6 Å². The Morgan fingerprint density at radius 3 is 2.64 bits per heavy atom. The van der Waals surface area contributed by atoms with E-state index in [4.69, 9.17) is 11.6 Å². The average Bonchev–Trinajstić information content (AvgIpc) is 2.53. The number of carbonyl (C=O) groups is 1. The Labute approximate surface area is 136 Å². The van der Waals surface area contributed by atoms with Crippen molar-refractivity contribution in [2.24, 2.45) is 0 Å². The summed E-state index contributed by atoms with van der Waals surface area (Å²) in [5.41, 5.74) is 2.30. The molecule has 22 heavy (non-hydrogen) atoms. The van der Waals surface area contributed by atoms with Crippen LogP contribution in [-0.2, 0) is 11.2 Å². The first-order valence-electron chi connectivity index (χ1n) is 7.44. The highest BCUT2D eigenvalue weighted by molar-refractivity contribution is 6.30. The maximum atomic E-state index is 11.8. The van der Waals surface area contributed by atoms with Gasteiger partial charge in [-0.2, -0.15) is 0 Å². The lowest BCUT2D eigenvalue weighted by atomic mass is 10.1. The normalized spacial score (nSPS) is 11.9. The number of hydrogen-bond acceptors (Lipinski definition) is 2. The van der Waals surface area contributed by atoms with Crippen LogP contribution in [-0.4, -0.2) is 19.0 Å². The smallest absolute Gasteiger partial charge is 0.233 e. The second-order valence-electron chi connectivity index (χ2n) is 5.24. The van der Waals surface area contributed by atoms with E-state index in [1.54, 1.807) is 0 Å². The predicted molar refractivity (Wildman–Crippen MR) is 91.0 cm³/mol. The molecule has 2 N–H and O–H groups in total. The standard InChI is InChI=1S/C18H21ClN2O/c1-14(16-8-5-9-17(19)12-16)21-13-18(22)20-11-10-15-6-3-2-4-7-15/h2-9,12,14,21H,10-11,13H2,1H3,(H,20,22)/t14-/m1/s1. The van der Waals surface area contributed by atoms with Gasteiger partial charge < -0.3 is 10.6 Å². The van der Waals surface area contributed by atoms with E-state index in [0.717, 1.165) is 12.0 Å². The van der Waals surface area contributed by atoms with Crippen LogP contribution in [0.25, 0.3) is 0 Å². The Balaban J connectivity index is 1.69. The van der Waals surface area contributed by atoms with Gasteiger partial charge in [-0.05, 0) is 36.6 Å². The molecule has 0 unspecified atom stereocenters. The molecule has 0 saturated carbocycles. The molecule has 0 bridgehead atoms. The minimum absolute atomic E-state index is 0.00445. The first kappa shape index (κ1) is 16.5. The average molecular weight is 317 g/mol. The van der Waals surface area contributed by atoms with Crippen LogP contribution in [0.4, 0.5) is 0 Å². The number of benzene rings is 2. The van der Waals surface area contributed by atoms with E-state index in [0.29, 0.717) is 18.1 Å². The third kappa shape index (κ3) is 5.51. The van der Waals surface area contributed by atoms with Crippen LogP contribution in [0, 0.1) is 0 Å². The molecule has 0 heterocycles. The van der Waals surface area contributed by atoms with E-state index < -0.39 is 0 Å². The molecule has 116 valence electrons. The Kier molecular flexibility index (Phi) is 6.44. The molecule has 0 aliphatic rings. The highest BCUT2D eigenvalue weighted by atomic mass is 35.5. The number of rotatable bonds is 7. The van der Waals surface area contributed by atoms with Crippen LogP contribution in [0.1, 0.15) is 24.1 Å². The fraction of sp³-hybridized carbons (Fsp3) is 0.278. The molecule has 0 radical (unpaired) electrons. The van der Waals surface area contributed by atoms with Gasteiger partial charge in [0.05, 0.1) is 6.54 Å². The number of hydrogen-bond donors (Lipinski definition) is 2. The first-order valence-corrected chi connectivity index (χ1v) is 7.82. The number of halogens is 1. The molecule has 0 spiro atoms. The second kappa shape index (κ2) is 8.57. The van der Waals surface area contributed by atoms with Crippen molar-refractivity contribution in [2.45, 2.75) is 19.4 Å². The first-order chi connectivity index (χ1) is 10.6. The molecule has 3 nitrogen and oxygen atoms in total. The van der Waals surface area contributed by atoms with Crippen LogP contribution in [0.2, 0.25) is 5.02 Å². The largest absolute Gasteiger partial charge is 0.355 e. The summed E-state index contributed by atoms with van der Waals surface area (Å²) in [6.07, 6.45) is 0.844. The molecule has 2 aromatic carbocycles. The number of nitrogens with one attached hydrogen (secondary N) is 2. The summed E-state index contributed by atoms with van der Waals surface area (Å²) >= 11 is 5.97. The van der Waals surface area contributed by atoms with Crippen molar-refractivity contribution in [3.8, 4) is 0 Å². The summed E-state index contributed by atoms with van der Waals surface area (Å²) < 4.78 is 0. The van der Waals surface area contributed by atoms with Crippen molar-refractivity contribution in [2.75, 3.05) is 13.1 Å². The van der Waals surface area contributed by atoms with Gasteiger partial charge in [0, 0.05) is 17.6 Å². The van der Waals surface area contributed by atoms with E-state index in [9.17, 15) is 4.79 Å². The lowest BCUT2D eigenvalue weighted by molar-refractivity contribution is -0.120. The summed E-state index contributed by atoms with van der Waals surface area (Å²) in [4.78, 5) is 11.8. The lowest BCUT2D eigenvalue weighted by Crippen LogP contribution is -2.36. The van der Waals surface area contributed by atoms with Crippen LogP contribution in [0.3, 0.4) is 0 Å². The zero-order chi connectivity index (χ0) is 15.8. The molecule has 1 atom stereocenters. The Bertz CT molecular complexity index is 601. The van der Waals surface area contributed by atoms with Crippen molar-refractivity contribution in [3.05, 3.63) is 70.7 Å². The van der Waals surface area contributed by atoms with Crippen molar-refractivity contribution in [3.63, 3.8) is 0 Å². The van der Waals surface area contributed by atoms with Gasteiger partial charge in [0.2, 0.25) is 5.91 Å². The number of amides is 1. The van der Waals surface area contributed by atoms with Gasteiger partial charge >= 0.3 is 0 Å². The van der Waals surface area contributed by atoms with Crippen molar-refractivity contribution >= 4 is 17.5 Å². The van der Waals surface area contributed by atoms with Gasteiger partial charge in [0.15, 0.2) is 0 Å². The third-order valence-electron chi connectivity index (χ3n) is 3.50. The maximum absolute atomic E-state index is 11.8. The van der Waals surface area contributed by atoms with E-state index in [1.165, 1.54) is 5.56 Å². The Hall–Kier alpha value is -1.84. The SMILES string of the molecule is C[C@@H](NCC(=O)NCCc1ccccc1)c1cccc(Cl)c1. The van der Waals surface area contributed by atoms with Crippen molar-refractivity contribution in [1.82, 2.24) is 10.6 Å². The summed E-state index contributed by atoms with van der Waals surface area (Å²) in [5, 5.41) is 6.83. The fourth-order valence-electron chi connectivity index (χ4n) is 2.19. The molecular formula is C18H21ClN2O. The quantitative estimate of drug-likeness (QED) is 0.822. The fourth-order valence-corrected chi connectivity index (χ4v) is 2.39. The topological polar surface area (TPSA) is 41.1 Å². The molecule has 0 aliphatic carbocycles. The summed E-state index contributed by atoms with van der Waals surface area (Å²) in [6.45, 7) is 2.96. The molecule has 0 aliphatic heterocycles. The van der Waals surface area contributed by atoms with E-state index >= 15 is 0 Å². The molecule has 0 fully saturated rings. The van der Waals surface area contributed by atoms with Crippen LogP contribution in [0.5, 0.6) is 0 Å². The summed E-state index contributed by atoms with van der Waals surface area (Å²) in [5.74, 6) is 0.00445. The van der Waals surface area contributed by atoms with Crippen molar-refractivity contribution < 1.29 is 4.79 Å². The van der Waals surface area contributed by atoms with Gasteiger partial charge in [0.1, 0.15) is 0 Å². The molecular weight excluding hydrogens is 296 g/mol. The second-order valence-corrected chi connectivity index (χ2v) is 5.68. The summed E-state index contributed by atoms with van der Waals surface area (Å²) in [6, 6.07) is 17.9. The highest BCUT2D eigenvalue weighted by Gasteiger charge is 2.07. The minimum Gasteiger partial charge on any atom is -0.355 e. The monoisotopic (exact) mass is 316 g/mol. The van der Waals surface area contributed by atoms with Crippen LogP contribution in [0.15, 0.2) is 54.6 Å². The van der Waals surface area contributed by atoms with Gasteiger partial charge in [-0.3, -0.25) is 4.79 Å². The van der Waals surface area contributed by atoms with E-state index in [1.807, 2.05) is 49.4 Å². The molecule has 4 heteroatoms.